The molecule has 126 valence electrons. The normalized spacial score (nSPS) is 27.2. The van der Waals surface area contributed by atoms with Crippen LogP contribution >= 0.6 is 0 Å². The zero-order chi connectivity index (χ0) is 16.8. The van der Waals surface area contributed by atoms with Gasteiger partial charge in [0.15, 0.2) is 5.03 Å². The van der Waals surface area contributed by atoms with Crippen LogP contribution in [0, 0.1) is 5.92 Å². The number of pyridine rings is 1. The van der Waals surface area contributed by atoms with E-state index in [1.807, 2.05) is 4.72 Å². The van der Waals surface area contributed by atoms with Gasteiger partial charge in [-0.1, -0.05) is 0 Å². The summed E-state index contributed by atoms with van der Waals surface area (Å²) in [5.74, 6) is -1.27. The SMILES string of the molecule is O=C(NS(=O)(=O)c1ccc(C(F)(F)F)cn1)[C@@H]1C[C@H]2CC[C@H]1O2. The highest BCUT2D eigenvalue weighted by Gasteiger charge is 2.45. The van der Waals surface area contributed by atoms with Crippen LogP contribution in [0.25, 0.3) is 0 Å². The lowest BCUT2D eigenvalue weighted by atomic mass is 9.89. The molecule has 23 heavy (non-hydrogen) atoms. The molecule has 0 spiro atoms. The predicted molar refractivity (Wildman–Crippen MR) is 70.6 cm³/mol. The van der Waals surface area contributed by atoms with E-state index in [0.29, 0.717) is 25.1 Å². The van der Waals surface area contributed by atoms with Gasteiger partial charge in [-0.05, 0) is 31.4 Å². The number of fused-ring (bicyclic) bond motifs is 2. The van der Waals surface area contributed by atoms with Crippen molar-refractivity contribution in [1.29, 1.82) is 0 Å². The summed E-state index contributed by atoms with van der Waals surface area (Å²) in [6, 6.07) is 1.32. The lowest BCUT2D eigenvalue weighted by Gasteiger charge is -2.17. The number of alkyl halides is 3. The van der Waals surface area contributed by atoms with Gasteiger partial charge in [-0.3, -0.25) is 4.79 Å². The summed E-state index contributed by atoms with van der Waals surface area (Å²) in [5.41, 5.74) is -1.07. The van der Waals surface area contributed by atoms with Crippen LogP contribution in [0.5, 0.6) is 0 Å². The first-order chi connectivity index (χ1) is 10.7. The summed E-state index contributed by atoms with van der Waals surface area (Å²) in [6.45, 7) is 0. The summed E-state index contributed by atoms with van der Waals surface area (Å²) >= 11 is 0. The Labute approximate surface area is 130 Å². The molecule has 2 fully saturated rings. The third-order valence-corrected chi connectivity index (χ3v) is 5.28. The Morgan fingerprint density at radius 1 is 1.30 bits per heavy atom. The Morgan fingerprint density at radius 2 is 2.04 bits per heavy atom. The van der Waals surface area contributed by atoms with E-state index < -0.39 is 38.6 Å². The third kappa shape index (κ3) is 3.18. The van der Waals surface area contributed by atoms with Crippen LogP contribution in [0.4, 0.5) is 13.2 Å². The average Bonchev–Trinajstić information content (AvgIpc) is 3.08. The van der Waals surface area contributed by atoms with Crippen molar-refractivity contribution in [2.24, 2.45) is 5.92 Å². The number of ether oxygens (including phenoxy) is 1. The van der Waals surface area contributed by atoms with E-state index in [1.54, 1.807) is 0 Å². The first-order valence-corrected chi connectivity index (χ1v) is 8.40. The van der Waals surface area contributed by atoms with Gasteiger partial charge < -0.3 is 4.74 Å². The van der Waals surface area contributed by atoms with Crippen LogP contribution in [0.1, 0.15) is 24.8 Å². The molecule has 2 aliphatic heterocycles. The molecular formula is C13H13F3N2O4S. The van der Waals surface area contributed by atoms with Crippen molar-refractivity contribution in [2.75, 3.05) is 0 Å². The summed E-state index contributed by atoms with van der Waals surface area (Å²) in [4.78, 5) is 15.4. The van der Waals surface area contributed by atoms with Crippen molar-refractivity contribution in [1.82, 2.24) is 9.71 Å². The minimum atomic E-state index is -4.61. The molecule has 1 N–H and O–H groups in total. The van der Waals surface area contributed by atoms with E-state index in [-0.39, 0.29) is 12.2 Å². The van der Waals surface area contributed by atoms with E-state index in [9.17, 15) is 26.4 Å². The first kappa shape index (κ1) is 16.2. The van der Waals surface area contributed by atoms with Crippen LogP contribution in [-0.4, -0.2) is 31.5 Å². The van der Waals surface area contributed by atoms with Crippen LogP contribution in [0.3, 0.4) is 0 Å². The first-order valence-electron chi connectivity index (χ1n) is 6.92. The lowest BCUT2D eigenvalue weighted by molar-refractivity contribution is -0.138. The quantitative estimate of drug-likeness (QED) is 0.892. The maximum atomic E-state index is 12.4. The molecule has 1 aromatic heterocycles. The van der Waals surface area contributed by atoms with Crippen molar-refractivity contribution in [3.8, 4) is 0 Å². The Kier molecular flexibility index (Phi) is 3.83. The number of hydrogen-bond acceptors (Lipinski definition) is 5. The molecule has 3 atom stereocenters. The number of rotatable bonds is 3. The highest BCUT2D eigenvalue weighted by atomic mass is 32.2. The van der Waals surface area contributed by atoms with Crippen molar-refractivity contribution < 1.29 is 31.1 Å². The highest BCUT2D eigenvalue weighted by Crippen LogP contribution is 2.39. The zero-order valence-corrected chi connectivity index (χ0v) is 12.5. The number of aromatic nitrogens is 1. The third-order valence-electron chi connectivity index (χ3n) is 4.02. The minimum Gasteiger partial charge on any atom is -0.374 e. The van der Waals surface area contributed by atoms with Gasteiger partial charge in [0.1, 0.15) is 0 Å². The number of carbonyl (C=O) groups excluding carboxylic acids is 1. The molecule has 3 heterocycles. The lowest BCUT2D eigenvalue weighted by Crippen LogP contribution is -2.39. The molecule has 0 saturated carbocycles. The fourth-order valence-electron chi connectivity index (χ4n) is 2.88. The molecule has 2 saturated heterocycles. The second kappa shape index (κ2) is 5.45. The molecule has 6 nitrogen and oxygen atoms in total. The van der Waals surface area contributed by atoms with Gasteiger partial charge in [0.05, 0.1) is 23.7 Å². The molecular weight excluding hydrogens is 337 g/mol. The Bertz CT molecular complexity index is 718. The van der Waals surface area contributed by atoms with E-state index in [0.717, 1.165) is 12.5 Å². The molecule has 0 unspecified atom stereocenters. The maximum absolute atomic E-state index is 12.4. The van der Waals surface area contributed by atoms with Crippen molar-refractivity contribution >= 4 is 15.9 Å². The summed E-state index contributed by atoms with van der Waals surface area (Å²) in [7, 11) is -4.31. The molecule has 2 aliphatic rings. The number of nitrogens with one attached hydrogen (secondary N) is 1. The Balaban J connectivity index is 1.73. The van der Waals surface area contributed by atoms with E-state index >= 15 is 0 Å². The monoisotopic (exact) mass is 350 g/mol. The molecule has 10 heteroatoms. The average molecular weight is 350 g/mol. The largest absolute Gasteiger partial charge is 0.417 e. The maximum Gasteiger partial charge on any atom is 0.417 e. The predicted octanol–water partition coefficient (Wildman–Crippen LogP) is 1.47. The second-order valence-corrected chi connectivity index (χ2v) is 7.20. The van der Waals surface area contributed by atoms with Crippen LogP contribution in [0.2, 0.25) is 0 Å². The van der Waals surface area contributed by atoms with Crippen LogP contribution in [-0.2, 0) is 25.7 Å². The van der Waals surface area contributed by atoms with E-state index in [1.165, 1.54) is 0 Å². The van der Waals surface area contributed by atoms with Crippen LogP contribution < -0.4 is 4.72 Å². The van der Waals surface area contributed by atoms with Crippen LogP contribution in [0.15, 0.2) is 23.4 Å². The number of carbonyl (C=O) groups is 1. The number of halogens is 3. The molecule has 3 rings (SSSR count). The standard InChI is InChI=1S/C13H13F3N2O4S/c14-13(15,16)7-1-4-11(17-6-7)23(20,21)18-12(19)9-5-8-2-3-10(9)22-8/h1,4,6,8-10H,2-3,5H2,(H,18,19)/t8-,9-,10-/m1/s1. The highest BCUT2D eigenvalue weighted by molar-refractivity contribution is 7.90. The van der Waals surface area contributed by atoms with Gasteiger partial charge in [0, 0.05) is 6.20 Å². The zero-order valence-electron chi connectivity index (χ0n) is 11.7. The smallest absolute Gasteiger partial charge is 0.374 e. The fraction of sp³-hybridized carbons (Fsp3) is 0.538. The van der Waals surface area contributed by atoms with Gasteiger partial charge in [0.25, 0.3) is 10.0 Å². The van der Waals surface area contributed by atoms with Gasteiger partial charge in [-0.15, -0.1) is 0 Å². The second-order valence-electron chi connectivity index (χ2n) is 5.57. The summed E-state index contributed by atoms with van der Waals surface area (Å²) in [5, 5.41) is -0.636. The summed E-state index contributed by atoms with van der Waals surface area (Å²) in [6.07, 6.45) is -2.52. The van der Waals surface area contributed by atoms with Crippen molar-refractivity contribution in [2.45, 2.75) is 42.7 Å². The van der Waals surface area contributed by atoms with Gasteiger partial charge in [-0.25, -0.2) is 9.71 Å². The van der Waals surface area contributed by atoms with Gasteiger partial charge >= 0.3 is 6.18 Å². The minimum absolute atomic E-state index is 0.0253. The Morgan fingerprint density at radius 3 is 2.52 bits per heavy atom. The van der Waals surface area contributed by atoms with E-state index in [2.05, 4.69) is 4.98 Å². The molecule has 1 aromatic rings. The van der Waals surface area contributed by atoms with Gasteiger partial charge in [0.2, 0.25) is 5.91 Å². The molecule has 0 aliphatic carbocycles. The molecule has 0 aromatic carbocycles. The van der Waals surface area contributed by atoms with Crippen molar-refractivity contribution in [3.05, 3.63) is 23.9 Å². The molecule has 0 radical (unpaired) electrons. The number of nitrogens with zero attached hydrogens (tertiary/aromatic N) is 1. The van der Waals surface area contributed by atoms with E-state index in [4.69, 9.17) is 4.74 Å². The number of hydrogen-bond donors (Lipinski definition) is 1. The molecule has 2 bridgehead atoms. The van der Waals surface area contributed by atoms with Crippen molar-refractivity contribution in [3.63, 3.8) is 0 Å². The van der Waals surface area contributed by atoms with Gasteiger partial charge in [-0.2, -0.15) is 21.6 Å². The Hall–Kier alpha value is -1.68. The number of sulfonamides is 1. The topological polar surface area (TPSA) is 85.4 Å². The molecule has 1 amide bonds. The number of amides is 1. The summed E-state index contributed by atoms with van der Waals surface area (Å²) < 4.78 is 68.8. The fourth-order valence-corrected chi connectivity index (χ4v) is 3.84.